The lowest BCUT2D eigenvalue weighted by molar-refractivity contribution is 1.17. The molecule has 0 atom stereocenters. The summed E-state index contributed by atoms with van der Waals surface area (Å²) in [7, 11) is 0. The highest BCUT2D eigenvalue weighted by molar-refractivity contribution is 6.11. The van der Waals surface area contributed by atoms with E-state index in [2.05, 4.69) is 166 Å². The van der Waals surface area contributed by atoms with Gasteiger partial charge in [-0.3, -0.25) is 4.98 Å². The topological polar surface area (TPSA) is 22.8 Å². The van der Waals surface area contributed by atoms with Crippen LogP contribution in [0.15, 0.2) is 164 Å². The van der Waals surface area contributed by atoms with E-state index in [1.165, 1.54) is 60.6 Å². The third-order valence-corrected chi connectivity index (χ3v) is 8.84. The number of fused-ring (bicyclic) bond motifs is 6. The number of aromatic nitrogens is 3. The van der Waals surface area contributed by atoms with Gasteiger partial charge in [-0.05, 0) is 47.5 Å². The van der Waals surface area contributed by atoms with Crippen molar-refractivity contribution in [3.63, 3.8) is 0 Å². The summed E-state index contributed by atoms with van der Waals surface area (Å²) < 4.78 is 4.79. The summed E-state index contributed by atoms with van der Waals surface area (Å²) in [5.74, 6) is 0. The van der Waals surface area contributed by atoms with Crippen LogP contribution < -0.4 is 0 Å². The van der Waals surface area contributed by atoms with Crippen molar-refractivity contribution in [2.45, 2.75) is 0 Å². The summed E-state index contributed by atoms with van der Waals surface area (Å²) in [5, 5.41) is 4.89. The van der Waals surface area contributed by atoms with Gasteiger partial charge in [0, 0.05) is 50.8 Å². The summed E-state index contributed by atoms with van der Waals surface area (Å²) >= 11 is 0. The number of hydrogen-bond acceptors (Lipinski definition) is 1. The normalized spacial score (nSPS) is 11.6. The number of para-hydroxylation sites is 4. The lowest BCUT2D eigenvalue weighted by Crippen LogP contribution is -2.01. The van der Waals surface area contributed by atoms with E-state index in [0.717, 1.165) is 16.6 Å². The predicted octanol–water partition coefficient (Wildman–Crippen LogP) is 10.6. The second-order valence-corrected chi connectivity index (χ2v) is 11.2. The molecule has 9 aromatic rings. The fourth-order valence-electron chi connectivity index (χ4n) is 6.92. The Morgan fingerprint density at radius 3 is 1.50 bits per heavy atom. The van der Waals surface area contributed by atoms with Crippen LogP contribution >= 0.6 is 0 Å². The Kier molecular flexibility index (Phi) is 5.50. The first kappa shape index (κ1) is 24.6. The molecule has 0 aliphatic heterocycles. The number of benzene rings is 6. The summed E-state index contributed by atoms with van der Waals surface area (Å²) in [6, 6.07) is 54.6. The van der Waals surface area contributed by atoms with Gasteiger partial charge < -0.3 is 9.13 Å². The van der Waals surface area contributed by atoms with Gasteiger partial charge >= 0.3 is 0 Å². The molecule has 206 valence electrons. The van der Waals surface area contributed by atoms with Gasteiger partial charge in [0.15, 0.2) is 0 Å². The average Bonchev–Trinajstić information content (AvgIpc) is 3.61. The first-order valence-electron chi connectivity index (χ1n) is 15.0. The van der Waals surface area contributed by atoms with E-state index in [1.807, 2.05) is 12.4 Å². The molecule has 3 heteroatoms. The van der Waals surface area contributed by atoms with Crippen LogP contribution in [0, 0.1) is 0 Å². The number of nitrogens with zero attached hydrogens (tertiary/aromatic N) is 3. The molecule has 0 aliphatic rings. The molecule has 0 N–H and O–H groups in total. The molecule has 0 aliphatic carbocycles. The van der Waals surface area contributed by atoms with Crippen LogP contribution in [0.25, 0.3) is 77.2 Å². The van der Waals surface area contributed by atoms with Crippen molar-refractivity contribution in [3.05, 3.63) is 164 Å². The Morgan fingerprint density at radius 2 is 0.864 bits per heavy atom. The molecule has 3 nitrogen and oxygen atoms in total. The molecule has 0 radical (unpaired) electrons. The maximum Gasteiger partial charge on any atom is 0.0618 e. The fraction of sp³-hybridized carbons (Fsp3) is 0. The van der Waals surface area contributed by atoms with E-state index in [9.17, 15) is 0 Å². The Balaban J connectivity index is 1.30. The van der Waals surface area contributed by atoms with Crippen molar-refractivity contribution in [3.8, 4) is 33.6 Å². The zero-order chi connectivity index (χ0) is 29.0. The van der Waals surface area contributed by atoms with Gasteiger partial charge in [-0.2, -0.15) is 0 Å². The Morgan fingerprint density at radius 1 is 0.364 bits per heavy atom. The molecule has 0 fully saturated rings. The monoisotopic (exact) mass is 561 g/mol. The van der Waals surface area contributed by atoms with Crippen molar-refractivity contribution < 1.29 is 0 Å². The molecule has 3 aromatic heterocycles. The van der Waals surface area contributed by atoms with E-state index in [0.29, 0.717) is 0 Å². The van der Waals surface area contributed by atoms with Gasteiger partial charge in [0.05, 0.1) is 27.8 Å². The summed E-state index contributed by atoms with van der Waals surface area (Å²) in [4.78, 5) is 4.42. The molecular weight excluding hydrogens is 534 g/mol. The van der Waals surface area contributed by atoms with Gasteiger partial charge in [0.1, 0.15) is 0 Å². The molecule has 0 bridgehead atoms. The van der Waals surface area contributed by atoms with Gasteiger partial charge in [0.2, 0.25) is 0 Å². The molecule has 0 saturated heterocycles. The van der Waals surface area contributed by atoms with Crippen molar-refractivity contribution in [1.82, 2.24) is 14.1 Å². The lowest BCUT2D eigenvalue weighted by atomic mass is 9.95. The molecule has 44 heavy (non-hydrogen) atoms. The number of hydrogen-bond donors (Lipinski definition) is 0. The van der Waals surface area contributed by atoms with Crippen molar-refractivity contribution in [2.75, 3.05) is 0 Å². The second-order valence-electron chi connectivity index (χ2n) is 11.2. The van der Waals surface area contributed by atoms with Gasteiger partial charge in [0.25, 0.3) is 0 Å². The van der Waals surface area contributed by atoms with Crippen LogP contribution in [0.1, 0.15) is 0 Å². The average molecular weight is 562 g/mol. The van der Waals surface area contributed by atoms with Crippen LogP contribution in [-0.2, 0) is 0 Å². The molecule has 0 spiro atoms. The zero-order valence-electron chi connectivity index (χ0n) is 23.9. The largest absolute Gasteiger partial charge is 0.309 e. The molecule has 9 rings (SSSR count). The first-order valence-corrected chi connectivity index (χ1v) is 15.0. The summed E-state index contributed by atoms with van der Waals surface area (Å²) in [5.41, 5.74) is 11.8. The third kappa shape index (κ3) is 3.66. The maximum atomic E-state index is 4.42. The van der Waals surface area contributed by atoms with Crippen molar-refractivity contribution in [1.29, 1.82) is 0 Å². The molecular formula is C41H27N3. The Labute approximate surface area is 254 Å². The highest BCUT2D eigenvalue weighted by Gasteiger charge is 2.20. The first-order chi connectivity index (χ1) is 21.9. The van der Waals surface area contributed by atoms with Crippen LogP contribution in [0.5, 0.6) is 0 Å². The van der Waals surface area contributed by atoms with Crippen LogP contribution in [0.2, 0.25) is 0 Å². The van der Waals surface area contributed by atoms with E-state index >= 15 is 0 Å². The summed E-state index contributed by atoms with van der Waals surface area (Å²) in [6.07, 6.45) is 3.84. The van der Waals surface area contributed by atoms with Gasteiger partial charge in [-0.1, -0.05) is 115 Å². The second kappa shape index (κ2) is 9.82. The molecule has 6 aromatic carbocycles. The van der Waals surface area contributed by atoms with Crippen LogP contribution in [-0.4, -0.2) is 14.1 Å². The smallest absolute Gasteiger partial charge is 0.0618 e. The van der Waals surface area contributed by atoms with E-state index < -0.39 is 0 Å². The fourth-order valence-corrected chi connectivity index (χ4v) is 6.92. The standard InChI is InChI=1S/C41H27N3/c1-2-11-28(12-3-1)31-16-10-17-32(41(31)44-38-19-8-4-13-33(38)34-14-5-9-20-39(34)44)29-21-23-30(24-22-29)43-37-18-7-6-15-35(37)36-27-42-26-25-40(36)43/h1-27H. The molecule has 0 amide bonds. The highest BCUT2D eigenvalue weighted by atomic mass is 15.0. The minimum atomic E-state index is 1.13. The molecule has 3 heterocycles. The minimum absolute atomic E-state index is 1.13. The van der Waals surface area contributed by atoms with Crippen molar-refractivity contribution in [2.24, 2.45) is 0 Å². The van der Waals surface area contributed by atoms with E-state index in [1.54, 1.807) is 0 Å². The van der Waals surface area contributed by atoms with Crippen molar-refractivity contribution >= 4 is 43.6 Å². The van der Waals surface area contributed by atoms with E-state index in [-0.39, 0.29) is 0 Å². The zero-order valence-corrected chi connectivity index (χ0v) is 23.9. The Bertz CT molecular complexity index is 2370. The van der Waals surface area contributed by atoms with E-state index in [4.69, 9.17) is 0 Å². The van der Waals surface area contributed by atoms with Crippen LogP contribution in [0.3, 0.4) is 0 Å². The quantitative estimate of drug-likeness (QED) is 0.210. The lowest BCUT2D eigenvalue weighted by Gasteiger charge is -2.19. The maximum absolute atomic E-state index is 4.42. The number of pyridine rings is 1. The van der Waals surface area contributed by atoms with Gasteiger partial charge in [-0.25, -0.2) is 0 Å². The van der Waals surface area contributed by atoms with Crippen LogP contribution in [0.4, 0.5) is 0 Å². The Hall–Kier alpha value is -5.93. The SMILES string of the molecule is c1ccc(-c2cccc(-c3ccc(-n4c5ccccc5c5cnccc54)cc3)c2-n2c3ccccc3c3ccccc32)cc1. The molecule has 0 unspecified atom stereocenters. The summed E-state index contributed by atoms with van der Waals surface area (Å²) in [6.45, 7) is 0. The molecule has 0 saturated carbocycles. The minimum Gasteiger partial charge on any atom is -0.309 e. The van der Waals surface area contributed by atoms with Gasteiger partial charge in [-0.15, -0.1) is 0 Å². The highest BCUT2D eigenvalue weighted by Crippen LogP contribution is 2.41. The third-order valence-electron chi connectivity index (χ3n) is 8.84. The number of rotatable bonds is 4. The predicted molar refractivity (Wildman–Crippen MR) is 184 cm³/mol.